The van der Waals surface area contributed by atoms with Crippen LogP contribution < -0.4 is 0 Å². The predicted molar refractivity (Wildman–Crippen MR) is 145 cm³/mol. The Kier molecular flexibility index (Phi) is 12.0. The van der Waals surface area contributed by atoms with Gasteiger partial charge in [-0.15, -0.1) is 15.3 Å². The zero-order chi connectivity index (χ0) is 32.6. The Labute approximate surface area is 257 Å². The van der Waals surface area contributed by atoms with E-state index in [0.29, 0.717) is 0 Å². The number of benzene rings is 1. The van der Waals surface area contributed by atoms with Gasteiger partial charge in [-0.1, -0.05) is 28.6 Å². The highest BCUT2D eigenvalue weighted by Gasteiger charge is 2.34. The van der Waals surface area contributed by atoms with E-state index in [9.17, 15) is 27.6 Å². The molecule has 1 aromatic carbocycles. The Balaban J connectivity index is 2.00. The SMILES string of the molecule is CC(=O)OCC(OC(Sc1cc(Cl)c(C#N)nn1)[C@H](Cn1cc(-c2cc(F)c(F)c(F)c2)nn1)OC(C)=O)[C@@H](C)OC(C)=O. The number of hydrogen-bond acceptors (Lipinski definition) is 13. The third kappa shape index (κ3) is 9.62. The van der Waals surface area contributed by atoms with Crippen LogP contribution in [0.1, 0.15) is 33.4 Å². The van der Waals surface area contributed by atoms with E-state index in [1.54, 1.807) is 6.07 Å². The first-order valence-electron chi connectivity index (χ1n) is 12.6. The van der Waals surface area contributed by atoms with Gasteiger partial charge in [0.1, 0.15) is 41.0 Å². The minimum Gasteiger partial charge on any atom is -0.463 e. The Bertz CT molecular complexity index is 1550. The molecule has 0 aliphatic heterocycles. The molecule has 0 bridgehead atoms. The molecular weight excluding hydrogens is 633 g/mol. The molecule has 0 aliphatic carbocycles. The second kappa shape index (κ2) is 15.5. The number of carbonyl (C=O) groups is 3. The highest BCUT2D eigenvalue weighted by molar-refractivity contribution is 7.99. The van der Waals surface area contributed by atoms with Crippen molar-refractivity contribution in [2.45, 2.75) is 63.0 Å². The van der Waals surface area contributed by atoms with Crippen molar-refractivity contribution < 1.29 is 46.5 Å². The second-order valence-corrected chi connectivity index (χ2v) is 10.5. The largest absolute Gasteiger partial charge is 0.463 e. The van der Waals surface area contributed by atoms with E-state index in [2.05, 4.69) is 20.5 Å². The van der Waals surface area contributed by atoms with Crippen molar-refractivity contribution in [1.82, 2.24) is 25.2 Å². The Morgan fingerprint density at radius 1 is 1.00 bits per heavy atom. The fourth-order valence-corrected chi connectivity index (χ4v) is 4.84. The fraction of sp³-hybridized carbons (Fsp3) is 0.385. The normalized spacial score (nSPS) is 13.7. The van der Waals surface area contributed by atoms with Crippen molar-refractivity contribution in [3.63, 3.8) is 0 Å². The molecule has 0 radical (unpaired) electrons. The molecule has 0 spiro atoms. The zero-order valence-corrected chi connectivity index (χ0v) is 25.1. The summed E-state index contributed by atoms with van der Waals surface area (Å²) >= 11 is 6.97. The fourth-order valence-electron chi connectivity index (χ4n) is 3.59. The van der Waals surface area contributed by atoms with E-state index in [1.807, 2.05) is 0 Å². The predicted octanol–water partition coefficient (Wildman–Crippen LogP) is 3.63. The molecule has 0 N–H and O–H groups in total. The number of carbonyl (C=O) groups excluding carboxylic acids is 3. The number of thioether (sulfide) groups is 1. The first-order chi connectivity index (χ1) is 20.8. The van der Waals surface area contributed by atoms with E-state index in [1.165, 1.54) is 30.8 Å². The quantitative estimate of drug-likeness (QED) is 0.0860. The molecule has 18 heteroatoms. The summed E-state index contributed by atoms with van der Waals surface area (Å²) in [5.74, 6) is -6.56. The van der Waals surface area contributed by atoms with E-state index < -0.39 is 59.1 Å². The van der Waals surface area contributed by atoms with E-state index in [4.69, 9.17) is 35.8 Å². The Morgan fingerprint density at radius 3 is 2.23 bits per heavy atom. The lowest BCUT2D eigenvalue weighted by atomic mass is 10.1. The van der Waals surface area contributed by atoms with Crippen molar-refractivity contribution in [3.05, 3.63) is 52.6 Å². The molecule has 44 heavy (non-hydrogen) atoms. The van der Waals surface area contributed by atoms with Crippen molar-refractivity contribution >= 4 is 41.3 Å². The maximum absolute atomic E-state index is 13.8. The Hall–Kier alpha value is -4.27. The molecule has 0 fully saturated rings. The first kappa shape index (κ1) is 34.2. The van der Waals surface area contributed by atoms with Crippen molar-refractivity contribution in [2.75, 3.05) is 6.61 Å². The number of nitriles is 1. The number of hydrogen-bond donors (Lipinski definition) is 0. The van der Waals surface area contributed by atoms with E-state index in [0.717, 1.165) is 37.7 Å². The second-order valence-electron chi connectivity index (χ2n) is 9.00. The summed E-state index contributed by atoms with van der Waals surface area (Å²) in [6, 6.07) is 4.57. The van der Waals surface area contributed by atoms with Gasteiger partial charge < -0.3 is 18.9 Å². The van der Waals surface area contributed by atoms with E-state index >= 15 is 0 Å². The van der Waals surface area contributed by atoms with Crippen LogP contribution in [-0.4, -0.2) is 73.5 Å². The lowest BCUT2D eigenvalue weighted by Crippen LogP contribution is -2.43. The van der Waals surface area contributed by atoms with E-state index in [-0.39, 0.29) is 40.2 Å². The highest BCUT2D eigenvalue weighted by atomic mass is 35.5. The molecule has 0 saturated heterocycles. The van der Waals surface area contributed by atoms with Crippen molar-refractivity contribution in [1.29, 1.82) is 5.26 Å². The van der Waals surface area contributed by atoms with Gasteiger partial charge in [-0.2, -0.15) is 5.26 Å². The van der Waals surface area contributed by atoms with Crippen LogP contribution in [-0.2, 0) is 39.9 Å². The lowest BCUT2D eigenvalue weighted by Gasteiger charge is -2.31. The van der Waals surface area contributed by atoms with Crippen LogP contribution in [0, 0.1) is 28.8 Å². The van der Waals surface area contributed by atoms with Gasteiger partial charge >= 0.3 is 17.9 Å². The molecule has 234 valence electrons. The smallest absolute Gasteiger partial charge is 0.303 e. The molecule has 3 rings (SSSR count). The van der Waals surface area contributed by atoms with Gasteiger partial charge in [0.05, 0.1) is 17.8 Å². The van der Waals surface area contributed by atoms with Crippen molar-refractivity contribution in [3.8, 4) is 17.3 Å². The molecule has 2 aromatic heterocycles. The van der Waals surface area contributed by atoms with Gasteiger partial charge in [-0.3, -0.25) is 14.4 Å². The summed E-state index contributed by atoms with van der Waals surface area (Å²) in [5, 5.41) is 24.7. The molecule has 2 heterocycles. The first-order valence-corrected chi connectivity index (χ1v) is 13.8. The molecule has 0 amide bonds. The average molecular weight is 657 g/mol. The monoisotopic (exact) mass is 656 g/mol. The Morgan fingerprint density at radius 2 is 1.66 bits per heavy atom. The minimum absolute atomic E-state index is 0.0304. The topological polar surface area (TPSA) is 168 Å². The third-order valence-corrected chi connectivity index (χ3v) is 6.89. The van der Waals surface area contributed by atoms with Crippen LogP contribution in [0.25, 0.3) is 11.3 Å². The van der Waals surface area contributed by atoms with Gasteiger partial charge in [0.25, 0.3) is 0 Å². The molecule has 13 nitrogen and oxygen atoms in total. The number of aromatic nitrogens is 5. The summed E-state index contributed by atoms with van der Waals surface area (Å²) in [5.41, 5.74) is -1.51. The van der Waals surface area contributed by atoms with Crippen LogP contribution in [0.2, 0.25) is 5.02 Å². The standard InChI is InChI=1S/C26H24ClF3N6O7S/c1-12(41-14(3)38)23(11-40-13(2)37)43-26(44-24-7-17(27)20(8-31)32-34-24)22(42-15(4)39)10-36-9-21(33-35-36)16-5-18(28)25(30)19(29)6-16/h5-7,9,12,22-23,26H,10-11H2,1-4H3/t12-,22+,23?,26?/m1/s1. The third-order valence-electron chi connectivity index (χ3n) is 5.51. The highest BCUT2D eigenvalue weighted by Crippen LogP contribution is 2.31. The van der Waals surface area contributed by atoms with Gasteiger partial charge in [-0.05, 0) is 25.1 Å². The number of nitrogens with zero attached hydrogens (tertiary/aromatic N) is 6. The summed E-state index contributed by atoms with van der Waals surface area (Å²) in [6.45, 7) is 4.31. The maximum atomic E-state index is 13.8. The van der Waals surface area contributed by atoms with Crippen molar-refractivity contribution in [2.24, 2.45) is 0 Å². The maximum Gasteiger partial charge on any atom is 0.303 e. The van der Waals surface area contributed by atoms with Gasteiger partial charge in [0.2, 0.25) is 0 Å². The molecule has 0 saturated carbocycles. The van der Waals surface area contributed by atoms with Crippen LogP contribution in [0.15, 0.2) is 29.4 Å². The lowest BCUT2D eigenvalue weighted by molar-refractivity contribution is -0.170. The number of rotatable bonds is 13. The minimum atomic E-state index is -1.65. The molecular formula is C26H24ClF3N6O7S. The van der Waals surface area contributed by atoms with Crippen LogP contribution in [0.3, 0.4) is 0 Å². The van der Waals surface area contributed by atoms with Crippen LogP contribution in [0.5, 0.6) is 0 Å². The summed E-state index contributed by atoms with van der Waals surface area (Å²) < 4.78 is 64.3. The summed E-state index contributed by atoms with van der Waals surface area (Å²) in [4.78, 5) is 35.4. The molecule has 3 aromatic rings. The average Bonchev–Trinajstić information content (AvgIpc) is 3.40. The van der Waals surface area contributed by atoms with Gasteiger partial charge in [0, 0.05) is 26.3 Å². The van der Waals surface area contributed by atoms with Crippen LogP contribution in [0.4, 0.5) is 13.2 Å². The number of esters is 3. The number of ether oxygens (including phenoxy) is 4. The summed E-state index contributed by atoms with van der Waals surface area (Å²) in [6.07, 6.45) is -2.03. The molecule has 4 atom stereocenters. The van der Waals surface area contributed by atoms with Crippen LogP contribution >= 0.6 is 23.4 Å². The van der Waals surface area contributed by atoms with Gasteiger partial charge in [-0.25, -0.2) is 17.9 Å². The molecule has 0 aliphatic rings. The number of halogens is 4. The zero-order valence-electron chi connectivity index (χ0n) is 23.5. The molecule has 2 unspecified atom stereocenters. The van der Waals surface area contributed by atoms with Gasteiger partial charge in [0.15, 0.2) is 29.2 Å². The summed E-state index contributed by atoms with van der Waals surface area (Å²) in [7, 11) is 0.